The van der Waals surface area contributed by atoms with Gasteiger partial charge in [-0.1, -0.05) is 19.1 Å². The van der Waals surface area contributed by atoms with Gasteiger partial charge in [0, 0.05) is 0 Å². The highest BCUT2D eigenvalue weighted by Crippen LogP contribution is 2.26. The summed E-state index contributed by atoms with van der Waals surface area (Å²) in [5.41, 5.74) is 0.665. The van der Waals surface area contributed by atoms with Crippen LogP contribution in [0.5, 0.6) is 5.75 Å². The summed E-state index contributed by atoms with van der Waals surface area (Å²) in [4.78, 5) is 11.7. The van der Waals surface area contributed by atoms with Crippen molar-refractivity contribution in [1.82, 2.24) is 0 Å². The standard InChI is InChI=1S/C18H21NO5S/c1-3-13-24-17-8-6-5-7-16(17)19-25(21,22)15-11-9-14(10-12-15)18(20)23-4-2/h5-12,19H,3-4,13H2,1-2H3. The van der Waals surface area contributed by atoms with Gasteiger partial charge in [0.1, 0.15) is 5.75 Å². The van der Waals surface area contributed by atoms with E-state index < -0.39 is 16.0 Å². The summed E-state index contributed by atoms with van der Waals surface area (Å²) >= 11 is 0. The zero-order chi connectivity index (χ0) is 18.3. The highest BCUT2D eigenvalue weighted by Gasteiger charge is 2.17. The third kappa shape index (κ3) is 4.96. The van der Waals surface area contributed by atoms with Crippen molar-refractivity contribution in [3.63, 3.8) is 0 Å². The number of carbonyl (C=O) groups is 1. The molecule has 0 fully saturated rings. The van der Waals surface area contributed by atoms with E-state index in [4.69, 9.17) is 9.47 Å². The highest BCUT2D eigenvalue weighted by atomic mass is 32.2. The molecule has 134 valence electrons. The number of carbonyl (C=O) groups excluding carboxylic acids is 1. The first kappa shape index (κ1) is 18.8. The van der Waals surface area contributed by atoms with Crippen LogP contribution in [0.1, 0.15) is 30.6 Å². The van der Waals surface area contributed by atoms with E-state index >= 15 is 0 Å². The molecule has 0 amide bonds. The number of hydrogen-bond acceptors (Lipinski definition) is 5. The molecule has 1 N–H and O–H groups in total. The van der Waals surface area contributed by atoms with Gasteiger partial charge < -0.3 is 9.47 Å². The molecule has 2 aromatic carbocycles. The number of anilines is 1. The molecule has 0 spiro atoms. The first-order valence-electron chi connectivity index (χ1n) is 7.99. The summed E-state index contributed by atoms with van der Waals surface area (Å²) in [6.07, 6.45) is 0.816. The molecule has 7 heteroatoms. The topological polar surface area (TPSA) is 81.7 Å². The maximum Gasteiger partial charge on any atom is 0.338 e. The fourth-order valence-corrected chi connectivity index (χ4v) is 3.15. The predicted molar refractivity (Wildman–Crippen MR) is 95.4 cm³/mol. The Balaban J connectivity index is 2.21. The summed E-state index contributed by atoms with van der Waals surface area (Å²) in [7, 11) is -3.80. The molecule has 2 rings (SSSR count). The number of para-hydroxylation sites is 2. The summed E-state index contributed by atoms with van der Waals surface area (Å²) in [5.74, 6) is -0.0196. The first-order chi connectivity index (χ1) is 12.0. The SMILES string of the molecule is CCCOc1ccccc1NS(=O)(=O)c1ccc(C(=O)OCC)cc1. The van der Waals surface area contributed by atoms with Gasteiger partial charge in [0.25, 0.3) is 10.0 Å². The maximum absolute atomic E-state index is 12.6. The van der Waals surface area contributed by atoms with Crippen LogP contribution in [0.15, 0.2) is 53.4 Å². The number of rotatable bonds is 8. The molecule has 0 aliphatic carbocycles. The van der Waals surface area contributed by atoms with Crippen molar-refractivity contribution in [2.75, 3.05) is 17.9 Å². The van der Waals surface area contributed by atoms with Crippen molar-refractivity contribution in [3.05, 3.63) is 54.1 Å². The quantitative estimate of drug-likeness (QED) is 0.727. The van der Waals surface area contributed by atoms with E-state index in [0.717, 1.165) is 6.42 Å². The fourth-order valence-electron chi connectivity index (χ4n) is 2.08. The Labute approximate surface area is 147 Å². The normalized spacial score (nSPS) is 11.0. The molecule has 0 atom stereocenters. The molecule has 0 heterocycles. The second kappa shape index (κ2) is 8.53. The lowest BCUT2D eigenvalue weighted by molar-refractivity contribution is 0.0526. The molecule has 0 aromatic heterocycles. The number of sulfonamides is 1. The van der Waals surface area contributed by atoms with Crippen LogP contribution in [0.25, 0.3) is 0 Å². The predicted octanol–water partition coefficient (Wildman–Crippen LogP) is 3.45. The van der Waals surface area contributed by atoms with Gasteiger partial charge in [0.2, 0.25) is 0 Å². The molecule has 0 aliphatic rings. The Morgan fingerprint density at radius 2 is 1.72 bits per heavy atom. The largest absolute Gasteiger partial charge is 0.491 e. The molecule has 25 heavy (non-hydrogen) atoms. The number of esters is 1. The van der Waals surface area contributed by atoms with Gasteiger partial charge in [0.05, 0.1) is 29.4 Å². The molecule has 2 aromatic rings. The van der Waals surface area contributed by atoms with Crippen LogP contribution >= 0.6 is 0 Å². The molecule has 6 nitrogen and oxygen atoms in total. The Hall–Kier alpha value is -2.54. The van der Waals surface area contributed by atoms with E-state index in [1.54, 1.807) is 31.2 Å². The summed E-state index contributed by atoms with van der Waals surface area (Å²) in [5, 5.41) is 0. The third-order valence-corrected chi connectivity index (χ3v) is 4.65. The van der Waals surface area contributed by atoms with Crippen molar-refractivity contribution in [2.45, 2.75) is 25.2 Å². The van der Waals surface area contributed by atoms with Crippen molar-refractivity contribution in [3.8, 4) is 5.75 Å². The molecule has 0 aliphatic heterocycles. The van der Waals surface area contributed by atoms with E-state index in [0.29, 0.717) is 23.6 Å². The minimum absolute atomic E-state index is 0.0471. The first-order valence-corrected chi connectivity index (χ1v) is 9.48. The van der Waals surface area contributed by atoms with E-state index in [2.05, 4.69) is 4.72 Å². The Bertz CT molecular complexity index is 816. The van der Waals surface area contributed by atoms with Gasteiger partial charge in [-0.2, -0.15) is 0 Å². The molecule has 0 unspecified atom stereocenters. The van der Waals surface area contributed by atoms with Crippen molar-refractivity contribution >= 4 is 21.7 Å². The molecule has 0 saturated heterocycles. The van der Waals surface area contributed by atoms with Crippen LogP contribution in [0.4, 0.5) is 5.69 Å². The zero-order valence-electron chi connectivity index (χ0n) is 14.2. The minimum Gasteiger partial charge on any atom is -0.491 e. The number of nitrogens with one attached hydrogen (secondary N) is 1. The lowest BCUT2D eigenvalue weighted by atomic mass is 10.2. The minimum atomic E-state index is -3.80. The van der Waals surface area contributed by atoms with Crippen LogP contribution in [-0.2, 0) is 14.8 Å². The van der Waals surface area contributed by atoms with Gasteiger partial charge in [-0.05, 0) is 49.7 Å². The second-order valence-corrected chi connectivity index (χ2v) is 6.88. The van der Waals surface area contributed by atoms with E-state index in [-0.39, 0.29) is 11.5 Å². The number of ether oxygens (including phenoxy) is 2. The molecular weight excluding hydrogens is 342 g/mol. The Morgan fingerprint density at radius 3 is 2.36 bits per heavy atom. The van der Waals surface area contributed by atoms with Crippen LogP contribution in [0, 0.1) is 0 Å². The van der Waals surface area contributed by atoms with Gasteiger partial charge in [-0.3, -0.25) is 4.72 Å². The molecule has 0 radical (unpaired) electrons. The smallest absolute Gasteiger partial charge is 0.338 e. The highest BCUT2D eigenvalue weighted by molar-refractivity contribution is 7.92. The van der Waals surface area contributed by atoms with E-state index in [1.165, 1.54) is 24.3 Å². The zero-order valence-corrected chi connectivity index (χ0v) is 15.0. The van der Waals surface area contributed by atoms with Gasteiger partial charge in [-0.15, -0.1) is 0 Å². The van der Waals surface area contributed by atoms with Crippen LogP contribution in [0.3, 0.4) is 0 Å². The summed E-state index contributed by atoms with van der Waals surface area (Å²) in [6.45, 7) is 4.43. The summed E-state index contributed by atoms with van der Waals surface area (Å²) < 4.78 is 38.1. The number of hydrogen-bond donors (Lipinski definition) is 1. The van der Waals surface area contributed by atoms with Gasteiger partial charge >= 0.3 is 5.97 Å². The van der Waals surface area contributed by atoms with E-state index in [9.17, 15) is 13.2 Å². The number of benzene rings is 2. The van der Waals surface area contributed by atoms with Crippen LogP contribution in [-0.4, -0.2) is 27.6 Å². The monoisotopic (exact) mass is 363 g/mol. The van der Waals surface area contributed by atoms with Crippen LogP contribution in [0.2, 0.25) is 0 Å². The van der Waals surface area contributed by atoms with E-state index in [1.807, 2.05) is 6.92 Å². The lowest BCUT2D eigenvalue weighted by Gasteiger charge is -2.13. The van der Waals surface area contributed by atoms with Gasteiger partial charge in [0.15, 0.2) is 0 Å². The molecular formula is C18H21NO5S. The lowest BCUT2D eigenvalue weighted by Crippen LogP contribution is -2.14. The van der Waals surface area contributed by atoms with Gasteiger partial charge in [-0.25, -0.2) is 13.2 Å². The van der Waals surface area contributed by atoms with Crippen molar-refractivity contribution in [2.24, 2.45) is 0 Å². The molecule has 0 saturated carbocycles. The third-order valence-electron chi connectivity index (χ3n) is 3.27. The second-order valence-electron chi connectivity index (χ2n) is 5.19. The van der Waals surface area contributed by atoms with Crippen LogP contribution < -0.4 is 9.46 Å². The average molecular weight is 363 g/mol. The Kier molecular flexibility index (Phi) is 6.41. The maximum atomic E-state index is 12.6. The van der Waals surface area contributed by atoms with Crippen molar-refractivity contribution < 1.29 is 22.7 Å². The molecule has 0 bridgehead atoms. The van der Waals surface area contributed by atoms with Crippen molar-refractivity contribution in [1.29, 1.82) is 0 Å². The average Bonchev–Trinajstić information content (AvgIpc) is 2.61. The summed E-state index contributed by atoms with van der Waals surface area (Å²) in [6, 6.07) is 12.4. The Morgan fingerprint density at radius 1 is 1.04 bits per heavy atom. The fraction of sp³-hybridized carbons (Fsp3) is 0.278.